The summed E-state index contributed by atoms with van der Waals surface area (Å²) in [6.45, 7) is 19.5. The summed E-state index contributed by atoms with van der Waals surface area (Å²) in [6.07, 6.45) is 0.104. The third kappa shape index (κ3) is 12.7. The standard InChI is InChI=1S/C66H76N10O14/c1-35(2)53(71-61(79)89-65(5,6)7)59(77)75-29-43(87-63(81)73-27-41-19-21-51-55(45(41)31-73)85-33-83-51)23-49(75)57-67-25-47(69-57)39-15-11-37(12-16-39)38-13-17-40(18-14-38)48-26-68-58(70-48)50-24-44(30-76(50)60(78)54(36(3)4)72-62(80)90-66(8,9)10)88-64(82)74-28-42-20-22-52-56(46(42)32-74)86-34-84-52/h11-22,25-26,35-36,43-44,49-50,53-54H,23-24,27-34H2,1-10H3,(H,67,69)(H,68,70)(H,71,79)(H,72,80)/t43-,44-,49+,50+,53+,54+/m1/s1. The zero-order valence-electron chi connectivity index (χ0n) is 52.2. The predicted molar refractivity (Wildman–Crippen MR) is 325 cm³/mol. The van der Waals surface area contributed by atoms with Gasteiger partial charge in [-0.1, -0.05) is 88.4 Å². The third-order valence-corrected chi connectivity index (χ3v) is 16.8. The molecule has 24 nitrogen and oxygen atoms in total. The molecule has 6 amide bonds. The number of imidazole rings is 2. The highest BCUT2D eigenvalue weighted by molar-refractivity contribution is 5.88. The molecular formula is C66H76N10O14. The molecule has 24 heteroatoms. The molecule has 2 saturated heterocycles. The molecule has 6 atom stereocenters. The van der Waals surface area contributed by atoms with Crippen molar-refractivity contribution in [2.45, 2.75) is 156 Å². The second kappa shape index (κ2) is 24.1. The summed E-state index contributed by atoms with van der Waals surface area (Å²) in [7, 11) is 0. The second-order valence-corrected chi connectivity index (χ2v) is 26.3. The number of alkyl carbamates (subject to hydrolysis) is 2. The van der Waals surface area contributed by atoms with Crippen LogP contribution in [-0.2, 0) is 54.7 Å². The molecule has 0 unspecified atom stereocenters. The van der Waals surface area contributed by atoms with Crippen LogP contribution in [0.3, 0.4) is 0 Å². The van der Waals surface area contributed by atoms with E-state index in [2.05, 4.69) is 20.6 Å². The van der Waals surface area contributed by atoms with Crippen LogP contribution in [0, 0.1) is 11.8 Å². The molecule has 6 aromatic rings. The fraction of sp³-hybridized carbons (Fsp3) is 0.455. The second-order valence-electron chi connectivity index (χ2n) is 26.3. The number of H-pyrrole nitrogens is 2. The maximum atomic E-state index is 14.7. The summed E-state index contributed by atoms with van der Waals surface area (Å²) in [6, 6.07) is 20.3. The molecule has 4 N–H and O–H groups in total. The largest absolute Gasteiger partial charge is 0.454 e. The van der Waals surface area contributed by atoms with Gasteiger partial charge in [0.05, 0.1) is 55.8 Å². The average Bonchev–Trinajstić information content (AvgIpc) is 1.67. The molecule has 0 bridgehead atoms. The minimum Gasteiger partial charge on any atom is -0.454 e. The Morgan fingerprint density at radius 2 is 1.01 bits per heavy atom. The van der Waals surface area contributed by atoms with E-state index < -0.39 is 72.0 Å². The molecule has 12 rings (SSSR count). The number of ether oxygens (including phenoxy) is 8. The monoisotopic (exact) mass is 1230 g/mol. The zero-order valence-corrected chi connectivity index (χ0v) is 52.2. The smallest absolute Gasteiger partial charge is 0.410 e. The van der Waals surface area contributed by atoms with E-state index in [1.807, 2.05) is 100 Å². The first-order valence-corrected chi connectivity index (χ1v) is 30.5. The minimum atomic E-state index is -0.954. The first-order chi connectivity index (χ1) is 42.9. The maximum absolute atomic E-state index is 14.7. The number of nitrogens with zero attached hydrogens (tertiary/aromatic N) is 6. The number of hydrogen-bond donors (Lipinski definition) is 4. The number of amides is 6. The van der Waals surface area contributed by atoms with Crippen LogP contribution in [0.2, 0.25) is 0 Å². The number of benzene rings is 4. The van der Waals surface area contributed by atoms with Crippen molar-refractivity contribution < 1.29 is 66.7 Å². The minimum absolute atomic E-state index is 0.0618. The molecule has 8 heterocycles. The number of aromatic nitrogens is 4. The highest BCUT2D eigenvalue weighted by atomic mass is 16.7. The first kappa shape index (κ1) is 60.8. The van der Waals surface area contributed by atoms with Gasteiger partial charge in [-0.3, -0.25) is 19.4 Å². The van der Waals surface area contributed by atoms with Gasteiger partial charge >= 0.3 is 24.4 Å². The topological polar surface area (TPSA) is 271 Å². The fourth-order valence-electron chi connectivity index (χ4n) is 12.4. The molecule has 2 fully saturated rings. The Hall–Kier alpha value is -9.48. The fourth-order valence-corrected chi connectivity index (χ4v) is 12.4. The summed E-state index contributed by atoms with van der Waals surface area (Å²) in [5, 5.41) is 5.59. The van der Waals surface area contributed by atoms with Gasteiger partial charge in [-0.2, -0.15) is 0 Å². The Bertz CT molecular complexity index is 3500. The number of rotatable bonds is 13. The summed E-state index contributed by atoms with van der Waals surface area (Å²) in [5.41, 5.74) is 6.93. The van der Waals surface area contributed by atoms with Crippen molar-refractivity contribution in [1.29, 1.82) is 0 Å². The molecular weight excluding hydrogens is 1160 g/mol. The Kier molecular flexibility index (Phi) is 16.3. The lowest BCUT2D eigenvalue weighted by Crippen LogP contribution is -2.52. The molecule has 474 valence electrons. The molecule has 90 heavy (non-hydrogen) atoms. The van der Waals surface area contributed by atoms with E-state index in [4.69, 9.17) is 47.9 Å². The Morgan fingerprint density at radius 1 is 0.567 bits per heavy atom. The molecule has 4 aromatic carbocycles. The van der Waals surface area contributed by atoms with Crippen LogP contribution in [-0.4, -0.2) is 138 Å². The maximum Gasteiger partial charge on any atom is 0.410 e. The van der Waals surface area contributed by atoms with Gasteiger partial charge in [-0.25, -0.2) is 29.1 Å². The average molecular weight is 1230 g/mol. The van der Waals surface area contributed by atoms with Crippen LogP contribution in [0.15, 0.2) is 85.2 Å². The lowest BCUT2D eigenvalue weighted by Gasteiger charge is -2.31. The summed E-state index contributed by atoms with van der Waals surface area (Å²) in [5.74, 6) is 2.15. The molecule has 0 spiro atoms. The number of aromatic amines is 2. The summed E-state index contributed by atoms with van der Waals surface area (Å²) in [4.78, 5) is 106. The van der Waals surface area contributed by atoms with Crippen LogP contribution >= 0.6 is 0 Å². The Labute approximate surface area is 521 Å². The number of carbonyl (C=O) groups excluding carboxylic acids is 6. The number of carbonyl (C=O) groups is 6. The van der Waals surface area contributed by atoms with Gasteiger partial charge in [0.2, 0.25) is 25.4 Å². The summed E-state index contributed by atoms with van der Waals surface area (Å²) >= 11 is 0. The van der Waals surface area contributed by atoms with E-state index >= 15 is 0 Å². The van der Waals surface area contributed by atoms with Crippen molar-refractivity contribution in [3.63, 3.8) is 0 Å². The van der Waals surface area contributed by atoms with Gasteiger partial charge in [0.15, 0.2) is 23.0 Å². The van der Waals surface area contributed by atoms with Gasteiger partial charge < -0.3 is 68.3 Å². The number of likely N-dealkylation sites (tertiary alicyclic amines) is 2. The van der Waals surface area contributed by atoms with Crippen molar-refractivity contribution in [3.8, 4) is 56.6 Å². The Morgan fingerprint density at radius 3 is 1.47 bits per heavy atom. The van der Waals surface area contributed by atoms with E-state index in [1.54, 1.807) is 73.5 Å². The normalized spacial score (nSPS) is 19.6. The van der Waals surface area contributed by atoms with E-state index in [9.17, 15) is 28.8 Å². The first-order valence-electron chi connectivity index (χ1n) is 30.5. The highest BCUT2D eigenvalue weighted by Crippen LogP contribution is 2.44. The van der Waals surface area contributed by atoms with Crippen LogP contribution in [0.4, 0.5) is 19.2 Å². The molecule has 2 aromatic heterocycles. The molecule has 6 aliphatic heterocycles. The van der Waals surface area contributed by atoms with Crippen molar-refractivity contribution in [1.82, 2.24) is 50.2 Å². The SMILES string of the molecule is CC(C)[C@H](NC(=O)OC(C)(C)C)C(=O)N1C[C@H](OC(=O)N2Cc3ccc4c(c3C2)OCO4)C[C@H]1c1nc(-c2ccc(-c3ccc(-c4cnc([C@@H]5C[C@@H](OC(=O)N6Cc7ccc8c(c7C6)OCO8)CN5C(=O)[C@@H](NC(=O)OC(C)(C)C)C(C)C)[nH]4)cc3)cc2)c[nH]1. The van der Waals surface area contributed by atoms with Gasteiger partial charge in [0.1, 0.15) is 47.1 Å². The van der Waals surface area contributed by atoms with Gasteiger partial charge in [0.25, 0.3) is 0 Å². The van der Waals surface area contributed by atoms with Crippen LogP contribution < -0.4 is 29.6 Å². The van der Waals surface area contributed by atoms with Crippen molar-refractivity contribution in [3.05, 3.63) is 119 Å². The van der Waals surface area contributed by atoms with Crippen LogP contribution in [0.5, 0.6) is 23.0 Å². The third-order valence-electron chi connectivity index (χ3n) is 16.8. The van der Waals surface area contributed by atoms with Crippen LogP contribution in [0.1, 0.15) is 128 Å². The van der Waals surface area contributed by atoms with Crippen molar-refractivity contribution in [2.24, 2.45) is 11.8 Å². The Balaban J connectivity index is 0.732. The zero-order chi connectivity index (χ0) is 63.5. The molecule has 0 radical (unpaired) electrons. The van der Waals surface area contributed by atoms with E-state index in [0.29, 0.717) is 59.1 Å². The van der Waals surface area contributed by atoms with E-state index in [-0.39, 0.29) is 76.3 Å². The summed E-state index contributed by atoms with van der Waals surface area (Å²) < 4.78 is 46.0. The van der Waals surface area contributed by atoms with E-state index in [1.165, 1.54) is 0 Å². The van der Waals surface area contributed by atoms with E-state index in [0.717, 1.165) is 44.5 Å². The molecule has 0 aliphatic carbocycles. The number of fused-ring (bicyclic) bond motifs is 6. The number of nitrogens with one attached hydrogen (secondary N) is 4. The van der Waals surface area contributed by atoms with Crippen molar-refractivity contribution in [2.75, 3.05) is 26.7 Å². The lowest BCUT2D eigenvalue weighted by atomic mass is 10.0. The lowest BCUT2D eigenvalue weighted by molar-refractivity contribution is -0.136. The highest BCUT2D eigenvalue weighted by Gasteiger charge is 2.46. The predicted octanol–water partition coefficient (Wildman–Crippen LogP) is 10.3. The quantitative estimate of drug-likeness (QED) is 0.0783. The van der Waals surface area contributed by atoms with Crippen molar-refractivity contribution >= 4 is 36.2 Å². The molecule has 0 saturated carbocycles. The molecule has 6 aliphatic rings. The number of hydrogen-bond acceptors (Lipinski definition) is 16. The van der Waals surface area contributed by atoms with Crippen LogP contribution in [0.25, 0.3) is 33.6 Å². The van der Waals surface area contributed by atoms with Gasteiger partial charge in [-0.05, 0) is 93.3 Å². The van der Waals surface area contributed by atoms with Gasteiger partial charge in [0, 0.05) is 48.8 Å². The van der Waals surface area contributed by atoms with Gasteiger partial charge in [-0.15, -0.1) is 0 Å².